The summed E-state index contributed by atoms with van der Waals surface area (Å²) in [5, 5.41) is 35.6. The Kier molecular flexibility index (Phi) is 21.5. The second-order valence-corrected chi connectivity index (χ2v) is 13.2. The number of carbonyl (C=O) groups is 6. The molecule has 1 aliphatic heterocycles. The lowest BCUT2D eigenvalue weighted by molar-refractivity contribution is -0.140. The molecule has 1 heterocycles. The van der Waals surface area contributed by atoms with E-state index in [1.165, 1.54) is 0 Å². The largest absolute Gasteiger partial charge is 0.481 e. The number of ether oxygens (including phenoxy) is 1. The lowest BCUT2D eigenvalue weighted by Crippen LogP contribution is -2.49. The van der Waals surface area contributed by atoms with Crippen LogP contribution in [0.15, 0.2) is 54.6 Å². The Labute approximate surface area is 316 Å². The van der Waals surface area contributed by atoms with Crippen LogP contribution in [0.1, 0.15) is 36.5 Å². The molecule has 0 unspecified atom stereocenters. The van der Waals surface area contributed by atoms with Gasteiger partial charge in [0.15, 0.2) is 5.78 Å². The molecule has 3 rings (SSSR count). The minimum Gasteiger partial charge on any atom is -0.481 e. The molecule has 1 saturated heterocycles. The van der Waals surface area contributed by atoms with Crippen LogP contribution in [-0.4, -0.2) is 167 Å². The number of Topliss-reactive ketones (excluding diaryl/α,β-unsaturated/α-hetero) is 2. The van der Waals surface area contributed by atoms with Gasteiger partial charge in [-0.3, -0.25) is 48.4 Å². The Hall–Kier alpha value is -4.58. The van der Waals surface area contributed by atoms with Crippen molar-refractivity contribution in [1.29, 1.82) is 0 Å². The summed E-state index contributed by atoms with van der Waals surface area (Å²) in [5.41, 5.74) is 9.06. The number of ketones is 2. The zero-order valence-electron chi connectivity index (χ0n) is 31.0. The van der Waals surface area contributed by atoms with E-state index in [1.54, 1.807) is 14.7 Å². The number of aryl methyl sites for hydroxylation is 2. The van der Waals surface area contributed by atoms with Crippen LogP contribution in [0.5, 0.6) is 0 Å². The topological polar surface area (TPSA) is 232 Å². The summed E-state index contributed by atoms with van der Waals surface area (Å²) in [5.74, 6) is -3.97. The number of hydrogen-bond donors (Lipinski definition) is 5. The van der Waals surface area contributed by atoms with Gasteiger partial charge in [-0.1, -0.05) is 54.6 Å². The van der Waals surface area contributed by atoms with E-state index in [9.17, 15) is 39.3 Å². The van der Waals surface area contributed by atoms with E-state index in [4.69, 9.17) is 20.4 Å². The predicted octanol–water partition coefficient (Wildman–Crippen LogP) is 0.800. The van der Waals surface area contributed by atoms with Crippen LogP contribution in [0, 0.1) is 0 Å². The number of carboxylic acids is 4. The number of nitrogens with zero attached hydrogens (tertiary/aromatic N) is 4. The van der Waals surface area contributed by atoms with E-state index in [-0.39, 0.29) is 51.0 Å². The van der Waals surface area contributed by atoms with Crippen LogP contribution in [0.3, 0.4) is 0 Å². The van der Waals surface area contributed by atoms with Crippen LogP contribution >= 0.6 is 0 Å². The molecule has 298 valence electrons. The minimum absolute atomic E-state index is 0.00817. The first-order valence-electron chi connectivity index (χ1n) is 17.9. The molecule has 16 heteroatoms. The second kappa shape index (κ2) is 25.4. The van der Waals surface area contributed by atoms with Crippen LogP contribution < -0.4 is 5.73 Å². The van der Waals surface area contributed by atoms with Crippen molar-refractivity contribution in [3.05, 3.63) is 71.3 Å². The van der Waals surface area contributed by atoms with Crippen LogP contribution in [0.4, 0.5) is 0 Å². The minimum atomic E-state index is -1.01. The van der Waals surface area contributed by atoms with E-state index < -0.39 is 29.9 Å². The third-order valence-electron chi connectivity index (χ3n) is 8.64. The predicted molar refractivity (Wildman–Crippen MR) is 199 cm³/mol. The first kappa shape index (κ1) is 45.6. The molecule has 2 aromatic rings. The number of benzene rings is 2. The quantitative estimate of drug-likeness (QED) is 0.133. The Morgan fingerprint density at radius 2 is 1.00 bits per heavy atom. The average molecular weight is 758 g/mol. The Morgan fingerprint density at radius 1 is 0.611 bits per heavy atom. The molecule has 0 saturated carbocycles. The normalized spacial score (nSPS) is 15.8. The fourth-order valence-corrected chi connectivity index (χ4v) is 5.70. The van der Waals surface area contributed by atoms with E-state index in [0.717, 1.165) is 30.0 Å². The zero-order valence-corrected chi connectivity index (χ0v) is 31.0. The van der Waals surface area contributed by atoms with Gasteiger partial charge in [0.1, 0.15) is 12.4 Å². The lowest BCUT2D eigenvalue weighted by atomic mass is 10.0. The van der Waals surface area contributed by atoms with Crippen LogP contribution in [-0.2, 0) is 53.0 Å². The zero-order chi connectivity index (χ0) is 39.9. The van der Waals surface area contributed by atoms with Crippen molar-refractivity contribution in [2.24, 2.45) is 5.73 Å². The molecule has 16 nitrogen and oxygen atoms in total. The van der Waals surface area contributed by atoms with Crippen molar-refractivity contribution in [1.82, 2.24) is 19.6 Å². The van der Waals surface area contributed by atoms with Gasteiger partial charge in [-0.25, -0.2) is 0 Å². The van der Waals surface area contributed by atoms with E-state index in [1.807, 2.05) is 59.5 Å². The molecule has 1 fully saturated rings. The van der Waals surface area contributed by atoms with Gasteiger partial charge in [0, 0.05) is 65.7 Å². The fraction of sp³-hybridized carbons (Fsp3) is 0.526. The number of rotatable bonds is 19. The second-order valence-electron chi connectivity index (χ2n) is 13.2. The average Bonchev–Trinajstić information content (AvgIpc) is 3.10. The lowest BCUT2D eigenvalue weighted by Gasteiger charge is -2.32. The maximum Gasteiger partial charge on any atom is 0.317 e. The van der Waals surface area contributed by atoms with Gasteiger partial charge in [0.2, 0.25) is 0 Å². The molecule has 0 bridgehead atoms. The van der Waals surface area contributed by atoms with Gasteiger partial charge in [0.05, 0.1) is 38.8 Å². The third kappa shape index (κ3) is 21.2. The molecular formula is C38H55N5O11. The smallest absolute Gasteiger partial charge is 0.317 e. The summed E-state index contributed by atoms with van der Waals surface area (Å²) >= 11 is 0. The Bertz CT molecular complexity index is 1440. The molecule has 1 aliphatic rings. The number of aliphatic carboxylic acids is 4. The van der Waals surface area contributed by atoms with Crippen molar-refractivity contribution >= 4 is 35.4 Å². The maximum absolute atomic E-state index is 13.1. The van der Waals surface area contributed by atoms with Crippen molar-refractivity contribution in [2.75, 3.05) is 85.1 Å². The maximum atomic E-state index is 13.1. The summed E-state index contributed by atoms with van der Waals surface area (Å²) < 4.78 is 5.62. The van der Waals surface area contributed by atoms with Gasteiger partial charge < -0.3 is 30.9 Å². The van der Waals surface area contributed by atoms with Crippen molar-refractivity contribution in [3.63, 3.8) is 0 Å². The number of nitrogens with two attached hydrogens (primary N) is 1. The number of carbonyl (C=O) groups excluding carboxylic acids is 2. The highest BCUT2D eigenvalue weighted by Crippen LogP contribution is 2.10. The number of hydrogen-bond acceptors (Lipinski definition) is 12. The van der Waals surface area contributed by atoms with Crippen molar-refractivity contribution < 1.29 is 53.9 Å². The molecular weight excluding hydrogens is 702 g/mol. The van der Waals surface area contributed by atoms with Crippen molar-refractivity contribution in [3.8, 4) is 0 Å². The molecule has 54 heavy (non-hydrogen) atoms. The van der Waals surface area contributed by atoms with Crippen LogP contribution in [0.25, 0.3) is 0 Å². The van der Waals surface area contributed by atoms with E-state index in [2.05, 4.69) is 0 Å². The summed E-state index contributed by atoms with van der Waals surface area (Å²) in [6.07, 6.45) is 2.10. The van der Waals surface area contributed by atoms with Gasteiger partial charge in [-0.2, -0.15) is 0 Å². The van der Waals surface area contributed by atoms with Crippen molar-refractivity contribution in [2.45, 2.75) is 45.3 Å². The van der Waals surface area contributed by atoms with E-state index >= 15 is 0 Å². The Balaban J connectivity index is 0.00000239. The highest BCUT2D eigenvalue weighted by Gasteiger charge is 2.21. The molecule has 0 radical (unpaired) electrons. The molecule has 0 aromatic heterocycles. The molecule has 6 N–H and O–H groups in total. The van der Waals surface area contributed by atoms with Gasteiger partial charge in [0.25, 0.3) is 5.97 Å². The summed E-state index contributed by atoms with van der Waals surface area (Å²) in [6.45, 7) is 3.53. The molecule has 0 amide bonds. The molecule has 1 atom stereocenters. The fourth-order valence-electron chi connectivity index (χ4n) is 5.70. The highest BCUT2D eigenvalue weighted by molar-refractivity contribution is 5.85. The standard InChI is InChI=1S/C36H51N5O9.C2H4O2/c37-32(13-11-28-4-2-1-3-5-28)33(43)27-50-26-30-8-6-29(7-9-30)10-12-31(42)22-38-14-16-39(23-34(44)45)18-20-41(25-36(48)49)21-19-40(17-15-38)24-35(46)47;1-2(3)4/h1-9,32H,10-27,37H2,(H,44,45)(H,46,47)(H,48,49);1H3,(H,3,4)/t32-;/m1./s1. The molecule has 0 aliphatic carbocycles. The molecule has 2 aromatic carbocycles. The monoisotopic (exact) mass is 757 g/mol. The SMILES string of the molecule is CC(=O)O.N[C@H](CCc1ccccc1)C(=O)COCc1ccc(CCC(=O)CN2CCN(CC(=O)O)CCN(CC(=O)O)CCN(CC(=O)O)CC2)cc1. The highest BCUT2D eigenvalue weighted by atomic mass is 16.5. The first-order chi connectivity index (χ1) is 25.7. The van der Waals surface area contributed by atoms with Gasteiger partial charge in [-0.05, 0) is 36.0 Å². The molecule has 0 spiro atoms. The van der Waals surface area contributed by atoms with E-state index in [0.29, 0.717) is 71.6 Å². The summed E-state index contributed by atoms with van der Waals surface area (Å²) in [4.78, 5) is 76.0. The summed E-state index contributed by atoms with van der Waals surface area (Å²) in [7, 11) is 0. The number of carboxylic acid groups (broad SMARTS) is 4. The van der Waals surface area contributed by atoms with Gasteiger partial charge >= 0.3 is 17.9 Å². The third-order valence-corrected chi connectivity index (χ3v) is 8.64. The Morgan fingerprint density at radius 3 is 1.43 bits per heavy atom. The van der Waals surface area contributed by atoms with Crippen LogP contribution in [0.2, 0.25) is 0 Å². The summed E-state index contributed by atoms with van der Waals surface area (Å²) in [6, 6.07) is 17.0. The van der Waals surface area contributed by atoms with Gasteiger partial charge in [-0.15, -0.1) is 0 Å². The first-order valence-corrected chi connectivity index (χ1v) is 17.9.